The third-order valence-electron chi connectivity index (χ3n) is 1.18. The van der Waals surface area contributed by atoms with E-state index >= 15 is 0 Å². The van der Waals surface area contributed by atoms with Gasteiger partial charge in [0.25, 0.3) is 11.8 Å². The molecule has 74 valence electrons. The Bertz CT molecular complexity index is 182. The van der Waals surface area contributed by atoms with E-state index in [1.807, 2.05) is 12.4 Å². The second-order valence-corrected chi connectivity index (χ2v) is 2.36. The Morgan fingerprint density at radius 1 is 1.31 bits per heavy atom. The second kappa shape index (κ2) is 7.45. The lowest BCUT2D eigenvalue weighted by Crippen LogP contribution is -2.27. The van der Waals surface area contributed by atoms with Crippen LogP contribution in [0.3, 0.4) is 0 Å². The van der Waals surface area contributed by atoms with E-state index in [0.29, 0.717) is 0 Å². The fourth-order valence-electron chi connectivity index (χ4n) is 0.606. The van der Waals surface area contributed by atoms with Gasteiger partial charge in [0.1, 0.15) is 0 Å². The molecule has 1 heterocycles. The lowest BCUT2D eigenvalue weighted by molar-refractivity contribution is -0.123. The fourth-order valence-corrected chi connectivity index (χ4v) is 0.606. The minimum atomic E-state index is -0.329. The number of imide groups is 1. The third kappa shape index (κ3) is 7.17. The standard InChI is InChI=1S/C4H12N2.C4H3NO2/c1-3-4-6-5-2;6-3-1-2-4(7)5-3/h5-6H,3-4H2,1-2H3;1-2H,(H,5,6,7). The van der Waals surface area contributed by atoms with Crippen LogP contribution in [0.1, 0.15) is 13.3 Å². The molecule has 0 spiro atoms. The number of nitrogens with one attached hydrogen (secondary N) is 3. The summed E-state index contributed by atoms with van der Waals surface area (Å²) in [5.41, 5.74) is 5.77. The highest BCUT2D eigenvalue weighted by atomic mass is 16.2. The van der Waals surface area contributed by atoms with Crippen LogP contribution in [0.4, 0.5) is 0 Å². The van der Waals surface area contributed by atoms with Crippen LogP contribution in [-0.2, 0) is 9.59 Å². The lowest BCUT2D eigenvalue weighted by Gasteiger charge is -1.94. The fraction of sp³-hybridized carbons (Fsp3) is 0.500. The first-order valence-electron chi connectivity index (χ1n) is 4.13. The van der Waals surface area contributed by atoms with Crippen molar-refractivity contribution in [1.29, 1.82) is 0 Å². The average Bonchev–Trinajstić information content (AvgIpc) is 2.47. The molecule has 5 heteroatoms. The maximum absolute atomic E-state index is 10.0. The lowest BCUT2D eigenvalue weighted by atomic mass is 10.5. The van der Waals surface area contributed by atoms with Crippen LogP contribution in [0.15, 0.2) is 12.2 Å². The van der Waals surface area contributed by atoms with Crippen molar-refractivity contribution >= 4 is 11.8 Å². The van der Waals surface area contributed by atoms with E-state index in [1.54, 1.807) is 0 Å². The molecule has 0 aromatic rings. The molecule has 1 aliphatic heterocycles. The highest BCUT2D eigenvalue weighted by Crippen LogP contribution is 1.82. The Morgan fingerprint density at radius 2 is 1.85 bits per heavy atom. The van der Waals surface area contributed by atoms with Crippen molar-refractivity contribution in [2.45, 2.75) is 13.3 Å². The third-order valence-corrected chi connectivity index (χ3v) is 1.18. The number of hydrogen-bond donors (Lipinski definition) is 3. The molecule has 0 aromatic carbocycles. The molecule has 1 rings (SSSR count). The van der Waals surface area contributed by atoms with Crippen molar-refractivity contribution in [2.75, 3.05) is 13.6 Å². The van der Waals surface area contributed by atoms with Gasteiger partial charge < -0.3 is 0 Å². The maximum atomic E-state index is 10.0. The van der Waals surface area contributed by atoms with Gasteiger partial charge in [-0.05, 0) is 13.5 Å². The summed E-state index contributed by atoms with van der Waals surface area (Å²) < 4.78 is 0. The maximum Gasteiger partial charge on any atom is 0.250 e. The van der Waals surface area contributed by atoms with Crippen LogP contribution in [0.5, 0.6) is 0 Å². The summed E-state index contributed by atoms with van der Waals surface area (Å²) in [6.07, 6.45) is 3.57. The number of carbonyl (C=O) groups excluding carboxylic acids is 2. The molecule has 0 fully saturated rings. The molecule has 13 heavy (non-hydrogen) atoms. The zero-order valence-electron chi connectivity index (χ0n) is 7.89. The first kappa shape index (κ1) is 11.8. The van der Waals surface area contributed by atoms with Gasteiger partial charge in [-0.25, -0.2) is 0 Å². The summed E-state index contributed by atoms with van der Waals surface area (Å²) in [6, 6.07) is 0. The highest BCUT2D eigenvalue weighted by Gasteiger charge is 2.06. The van der Waals surface area contributed by atoms with E-state index in [2.05, 4.69) is 17.8 Å². The summed E-state index contributed by atoms with van der Waals surface area (Å²) in [6.45, 7) is 3.18. The Kier molecular flexibility index (Phi) is 6.76. The van der Waals surface area contributed by atoms with Gasteiger partial charge in [-0.3, -0.25) is 25.8 Å². The van der Waals surface area contributed by atoms with Gasteiger partial charge in [-0.2, -0.15) is 0 Å². The topological polar surface area (TPSA) is 70.2 Å². The average molecular weight is 185 g/mol. The van der Waals surface area contributed by atoms with Crippen molar-refractivity contribution in [1.82, 2.24) is 16.2 Å². The van der Waals surface area contributed by atoms with E-state index in [9.17, 15) is 9.59 Å². The normalized spacial score (nSPS) is 13.7. The molecule has 0 saturated carbocycles. The summed E-state index contributed by atoms with van der Waals surface area (Å²) >= 11 is 0. The Labute approximate surface area is 77.5 Å². The van der Waals surface area contributed by atoms with Gasteiger partial charge in [0.2, 0.25) is 0 Å². The molecule has 2 amide bonds. The molecule has 0 saturated heterocycles. The number of hydrogen-bond acceptors (Lipinski definition) is 4. The molecule has 0 atom stereocenters. The highest BCUT2D eigenvalue weighted by molar-refractivity contribution is 6.12. The molecule has 5 nitrogen and oxygen atoms in total. The monoisotopic (exact) mass is 185 g/mol. The van der Waals surface area contributed by atoms with E-state index in [1.165, 1.54) is 18.6 Å². The largest absolute Gasteiger partial charge is 0.289 e. The molecular formula is C8H15N3O2. The van der Waals surface area contributed by atoms with Crippen molar-refractivity contribution in [2.24, 2.45) is 0 Å². The van der Waals surface area contributed by atoms with Crippen LogP contribution in [0.2, 0.25) is 0 Å². The van der Waals surface area contributed by atoms with Crippen LogP contribution in [0, 0.1) is 0 Å². The van der Waals surface area contributed by atoms with Gasteiger partial charge in [-0.15, -0.1) is 0 Å². The van der Waals surface area contributed by atoms with Crippen LogP contribution < -0.4 is 16.2 Å². The van der Waals surface area contributed by atoms with Gasteiger partial charge in [0, 0.05) is 18.7 Å². The summed E-state index contributed by atoms with van der Waals surface area (Å²) in [7, 11) is 1.87. The predicted molar refractivity (Wildman–Crippen MR) is 49.6 cm³/mol. The molecule has 0 radical (unpaired) electrons. The minimum Gasteiger partial charge on any atom is -0.289 e. The molecule has 0 aliphatic carbocycles. The summed E-state index contributed by atoms with van der Waals surface area (Å²) in [4.78, 5) is 20.1. The zero-order valence-corrected chi connectivity index (χ0v) is 7.89. The Hall–Kier alpha value is -1.20. The van der Waals surface area contributed by atoms with Gasteiger partial charge in [0.15, 0.2) is 0 Å². The molecular weight excluding hydrogens is 170 g/mol. The van der Waals surface area contributed by atoms with E-state index in [-0.39, 0.29) is 11.8 Å². The Balaban J connectivity index is 0.000000226. The molecule has 0 bridgehead atoms. The number of rotatable bonds is 3. The van der Waals surface area contributed by atoms with E-state index in [4.69, 9.17) is 0 Å². The first-order chi connectivity index (χ1) is 6.20. The Morgan fingerprint density at radius 3 is 2.00 bits per heavy atom. The molecule has 1 aliphatic rings. The predicted octanol–water partition coefficient (Wildman–Crippen LogP) is -0.681. The zero-order chi connectivity index (χ0) is 10.1. The van der Waals surface area contributed by atoms with Gasteiger partial charge >= 0.3 is 0 Å². The van der Waals surface area contributed by atoms with E-state index in [0.717, 1.165) is 6.54 Å². The SMILES string of the molecule is CCCNNC.O=C1C=CC(=O)N1. The molecule has 0 aromatic heterocycles. The quantitative estimate of drug-likeness (QED) is 0.309. The first-order valence-corrected chi connectivity index (χ1v) is 4.13. The van der Waals surface area contributed by atoms with Crippen molar-refractivity contribution < 1.29 is 9.59 Å². The minimum absolute atomic E-state index is 0.329. The summed E-state index contributed by atoms with van der Waals surface area (Å²) in [5, 5.41) is 2.03. The van der Waals surface area contributed by atoms with Gasteiger partial charge in [0.05, 0.1) is 0 Å². The number of hydrazine groups is 1. The number of carbonyl (C=O) groups is 2. The van der Waals surface area contributed by atoms with Crippen LogP contribution in [-0.4, -0.2) is 25.4 Å². The van der Waals surface area contributed by atoms with Crippen molar-refractivity contribution in [3.8, 4) is 0 Å². The van der Waals surface area contributed by atoms with Crippen molar-refractivity contribution in [3.05, 3.63) is 12.2 Å². The van der Waals surface area contributed by atoms with Crippen molar-refractivity contribution in [3.63, 3.8) is 0 Å². The smallest absolute Gasteiger partial charge is 0.250 e. The molecule has 0 unspecified atom stereocenters. The summed E-state index contributed by atoms with van der Waals surface area (Å²) in [5.74, 6) is -0.657. The molecule has 3 N–H and O–H groups in total. The van der Waals surface area contributed by atoms with E-state index < -0.39 is 0 Å². The van der Waals surface area contributed by atoms with Crippen LogP contribution in [0.25, 0.3) is 0 Å². The van der Waals surface area contributed by atoms with Gasteiger partial charge in [-0.1, -0.05) is 6.92 Å². The number of amides is 2. The van der Waals surface area contributed by atoms with Crippen LogP contribution >= 0.6 is 0 Å². The second-order valence-electron chi connectivity index (χ2n) is 2.36.